The number of anilines is 1. The number of imidazole rings is 1. The van der Waals surface area contributed by atoms with Crippen molar-refractivity contribution in [1.82, 2.24) is 29.3 Å². The first-order valence-electron chi connectivity index (χ1n) is 12.8. The van der Waals surface area contributed by atoms with Crippen LogP contribution in [0, 0.1) is 11.8 Å². The Labute approximate surface area is 242 Å². The second-order valence-corrected chi connectivity index (χ2v) is 10.2. The van der Waals surface area contributed by atoms with Crippen molar-refractivity contribution in [2.75, 3.05) is 49.3 Å². The second kappa shape index (κ2) is 13.2. The number of nitrogens with one attached hydrogen (secondary N) is 1. The van der Waals surface area contributed by atoms with Gasteiger partial charge in [0.15, 0.2) is 11.2 Å². The molecule has 0 saturated carbocycles. The number of fused-ring (bicyclic) bond motifs is 1. The summed E-state index contributed by atoms with van der Waals surface area (Å²) in [5.74, 6) is 5.70. The van der Waals surface area contributed by atoms with Crippen molar-refractivity contribution in [2.24, 2.45) is 7.05 Å². The Hall–Kier alpha value is -4.23. The number of aromatic nitrogens is 4. The lowest BCUT2D eigenvalue weighted by Gasteiger charge is -2.28. The molecule has 12 nitrogen and oxygen atoms in total. The molecule has 2 N–H and O–H groups in total. The molecule has 1 amide bonds. The molecule has 0 atom stereocenters. The Morgan fingerprint density at radius 2 is 1.86 bits per heavy atom. The number of halogens is 3. The third-order valence-electron chi connectivity index (χ3n) is 6.34. The first kappa shape index (κ1) is 30.7. The van der Waals surface area contributed by atoms with Crippen LogP contribution in [-0.2, 0) is 18.4 Å². The zero-order valence-corrected chi connectivity index (χ0v) is 23.6. The number of thioether (sulfide) groups is 1. The van der Waals surface area contributed by atoms with E-state index in [-0.39, 0.29) is 17.5 Å². The predicted octanol–water partition coefficient (Wildman–Crippen LogP) is 2.13. The summed E-state index contributed by atoms with van der Waals surface area (Å²) in [5.41, 5.74) is 0.843. The molecule has 2 aromatic heterocycles. The number of carbonyl (C=O) groups is 2. The minimum absolute atomic E-state index is 0.0802. The van der Waals surface area contributed by atoms with Crippen LogP contribution in [0.1, 0.15) is 17.3 Å². The summed E-state index contributed by atoms with van der Waals surface area (Å²) in [6.45, 7) is 6.03. The number of hydrogen-bond donors (Lipinski definition) is 2. The third kappa shape index (κ3) is 6.80. The molecule has 0 bridgehead atoms. The lowest BCUT2D eigenvalue weighted by molar-refractivity contribution is -0.192. The SMILES string of the molecule is CC#CCn1c(N2CCNCC2)nc2nc(Oc3ccccc3C(=O)N3CCSC3)n(C)c(=O)c21.O=C(O)C(F)(F)F. The molecule has 3 aromatic rings. The predicted molar refractivity (Wildman–Crippen MR) is 150 cm³/mol. The molecule has 2 aliphatic rings. The van der Waals surface area contributed by atoms with E-state index in [1.807, 2.05) is 4.57 Å². The van der Waals surface area contributed by atoms with E-state index in [2.05, 4.69) is 27.0 Å². The Balaban J connectivity index is 0.000000517. The quantitative estimate of drug-likeness (QED) is 0.416. The number of carbonyl (C=O) groups excluding carboxylic acids is 1. The topological polar surface area (TPSA) is 135 Å². The molecule has 2 saturated heterocycles. The van der Waals surface area contributed by atoms with Crippen LogP contribution >= 0.6 is 11.8 Å². The maximum absolute atomic E-state index is 13.5. The van der Waals surface area contributed by atoms with E-state index >= 15 is 0 Å². The monoisotopic (exact) mass is 607 g/mol. The summed E-state index contributed by atoms with van der Waals surface area (Å²) >= 11 is 1.72. The number of aliphatic carboxylic acids is 1. The van der Waals surface area contributed by atoms with E-state index in [9.17, 15) is 22.8 Å². The number of carboxylic acid groups (broad SMARTS) is 1. The summed E-state index contributed by atoms with van der Waals surface area (Å²) in [6.07, 6.45) is -5.08. The fourth-order valence-electron chi connectivity index (χ4n) is 4.21. The highest BCUT2D eigenvalue weighted by atomic mass is 32.2. The van der Waals surface area contributed by atoms with Crippen molar-refractivity contribution in [1.29, 1.82) is 0 Å². The van der Waals surface area contributed by atoms with Crippen LogP contribution in [0.2, 0.25) is 0 Å². The van der Waals surface area contributed by atoms with Gasteiger partial charge in [-0.05, 0) is 19.1 Å². The molecule has 4 heterocycles. The van der Waals surface area contributed by atoms with Crippen LogP contribution in [0.5, 0.6) is 11.8 Å². The molecule has 5 rings (SSSR count). The Morgan fingerprint density at radius 3 is 2.48 bits per heavy atom. The summed E-state index contributed by atoms with van der Waals surface area (Å²) in [6, 6.07) is 7.13. The van der Waals surface area contributed by atoms with E-state index in [4.69, 9.17) is 19.6 Å². The highest BCUT2D eigenvalue weighted by Crippen LogP contribution is 2.28. The average Bonchev–Trinajstić information content (AvgIpc) is 3.64. The maximum Gasteiger partial charge on any atom is 0.490 e. The summed E-state index contributed by atoms with van der Waals surface area (Å²) in [7, 11) is 1.61. The van der Waals surface area contributed by atoms with Crippen LogP contribution in [0.3, 0.4) is 0 Å². The molecule has 0 aliphatic carbocycles. The molecule has 16 heteroatoms. The number of nitrogens with zero attached hydrogens (tertiary/aromatic N) is 6. The molecule has 2 aliphatic heterocycles. The van der Waals surface area contributed by atoms with Crippen molar-refractivity contribution in [3.8, 4) is 23.6 Å². The van der Waals surface area contributed by atoms with Gasteiger partial charge in [-0.15, -0.1) is 17.7 Å². The van der Waals surface area contributed by atoms with Crippen molar-refractivity contribution in [3.63, 3.8) is 0 Å². The second-order valence-electron chi connectivity index (χ2n) is 9.10. The van der Waals surface area contributed by atoms with Gasteiger partial charge in [0.25, 0.3) is 11.5 Å². The van der Waals surface area contributed by atoms with Crippen molar-refractivity contribution in [2.45, 2.75) is 19.6 Å². The van der Waals surface area contributed by atoms with Gasteiger partial charge in [0.1, 0.15) is 5.75 Å². The molecular weight excluding hydrogens is 579 g/mol. The van der Waals surface area contributed by atoms with E-state index < -0.39 is 12.1 Å². The zero-order chi connectivity index (χ0) is 30.4. The van der Waals surface area contributed by atoms with Crippen LogP contribution in [0.4, 0.5) is 19.1 Å². The minimum atomic E-state index is -5.08. The largest absolute Gasteiger partial charge is 0.490 e. The third-order valence-corrected chi connectivity index (χ3v) is 7.31. The van der Waals surface area contributed by atoms with Gasteiger partial charge in [-0.1, -0.05) is 18.1 Å². The van der Waals surface area contributed by atoms with Gasteiger partial charge in [0, 0.05) is 45.5 Å². The van der Waals surface area contributed by atoms with Crippen molar-refractivity contribution >= 4 is 40.8 Å². The fraction of sp³-hybridized carbons (Fsp3) is 0.423. The normalized spacial score (nSPS) is 15.1. The van der Waals surface area contributed by atoms with Crippen molar-refractivity contribution in [3.05, 3.63) is 40.2 Å². The number of carboxylic acids is 1. The Kier molecular flexibility index (Phi) is 9.63. The van der Waals surface area contributed by atoms with Gasteiger partial charge in [0.05, 0.1) is 18.0 Å². The van der Waals surface area contributed by atoms with Crippen LogP contribution < -0.4 is 20.5 Å². The maximum atomic E-state index is 13.5. The van der Waals surface area contributed by atoms with E-state index in [1.165, 1.54) is 4.57 Å². The smallest absolute Gasteiger partial charge is 0.475 e. The lowest BCUT2D eigenvalue weighted by atomic mass is 10.2. The van der Waals surface area contributed by atoms with Gasteiger partial charge in [-0.25, -0.2) is 4.79 Å². The molecular formula is C26H28F3N7O5S. The number of para-hydroxylation sites is 1. The number of ether oxygens (including phenoxy) is 1. The van der Waals surface area contributed by atoms with Gasteiger partial charge in [0.2, 0.25) is 5.95 Å². The molecule has 0 unspecified atom stereocenters. The van der Waals surface area contributed by atoms with E-state index in [0.29, 0.717) is 47.4 Å². The molecule has 2 fully saturated rings. The van der Waals surface area contributed by atoms with E-state index in [1.54, 1.807) is 54.9 Å². The van der Waals surface area contributed by atoms with Crippen LogP contribution in [0.15, 0.2) is 29.1 Å². The number of alkyl halides is 3. The number of hydrogen-bond acceptors (Lipinski definition) is 9. The minimum Gasteiger partial charge on any atom is -0.475 e. The highest BCUT2D eigenvalue weighted by Gasteiger charge is 2.38. The lowest BCUT2D eigenvalue weighted by Crippen LogP contribution is -2.44. The average molecular weight is 608 g/mol. The fourth-order valence-corrected chi connectivity index (χ4v) is 5.16. The van der Waals surface area contributed by atoms with Gasteiger partial charge in [-0.2, -0.15) is 23.1 Å². The summed E-state index contributed by atoms with van der Waals surface area (Å²) in [4.78, 5) is 48.7. The summed E-state index contributed by atoms with van der Waals surface area (Å²) in [5, 5.41) is 10.5. The number of benzene rings is 1. The molecule has 0 spiro atoms. The Bertz CT molecular complexity index is 1580. The van der Waals surface area contributed by atoms with E-state index in [0.717, 1.165) is 31.9 Å². The molecule has 224 valence electrons. The van der Waals surface area contributed by atoms with Gasteiger partial charge >= 0.3 is 18.2 Å². The number of rotatable bonds is 5. The zero-order valence-electron chi connectivity index (χ0n) is 22.8. The van der Waals surface area contributed by atoms with Crippen molar-refractivity contribution < 1.29 is 32.6 Å². The van der Waals surface area contributed by atoms with Crippen LogP contribution in [-0.4, -0.2) is 91.5 Å². The number of amides is 1. The van der Waals surface area contributed by atoms with Gasteiger partial charge < -0.3 is 25.0 Å². The van der Waals surface area contributed by atoms with Gasteiger partial charge in [-0.3, -0.25) is 18.7 Å². The van der Waals surface area contributed by atoms with Crippen LogP contribution in [0.25, 0.3) is 11.2 Å². The molecule has 0 radical (unpaired) electrons. The first-order chi connectivity index (χ1) is 20.0. The summed E-state index contributed by atoms with van der Waals surface area (Å²) < 4.78 is 41.0. The molecule has 42 heavy (non-hydrogen) atoms. The first-order valence-corrected chi connectivity index (χ1v) is 13.9. The highest BCUT2D eigenvalue weighted by molar-refractivity contribution is 7.99. The standard InChI is InChI=1S/C24H27N7O3S.C2HF3O2/c1-3-4-11-31-19-20(26-23(31)29-12-9-25-10-13-29)27-24(28(2)22(19)33)34-18-8-6-5-7-17(18)21(32)30-14-15-35-16-30;3-2(4,5)1(6)7/h5-8,25H,9-16H2,1-2H3;(H,6,7). The molecule has 1 aromatic carbocycles. The Morgan fingerprint density at radius 1 is 1.17 bits per heavy atom. The number of piperazine rings is 1.